The summed E-state index contributed by atoms with van der Waals surface area (Å²) in [7, 11) is 0. The van der Waals surface area contributed by atoms with Crippen LogP contribution in [0.25, 0.3) is 6.08 Å². The zero-order valence-electron chi connectivity index (χ0n) is 10.8. The second-order valence-electron chi connectivity index (χ2n) is 5.24. The number of ketones is 1. The van der Waals surface area contributed by atoms with Crippen molar-refractivity contribution in [3.05, 3.63) is 41.1 Å². The van der Waals surface area contributed by atoms with Gasteiger partial charge in [-0.15, -0.1) is 0 Å². The number of allylic oxidation sites excluding steroid dienone is 1. The van der Waals surface area contributed by atoms with Gasteiger partial charge in [0, 0.05) is 19.0 Å². The molecular formula is C15H14F3NO. The Bertz CT molecular complexity index is 569. The number of rotatable bonds is 1. The summed E-state index contributed by atoms with van der Waals surface area (Å²) in [4.78, 5) is 14.1. The lowest BCUT2D eigenvalue weighted by molar-refractivity contribution is -0.137. The fraction of sp³-hybridized carbons (Fsp3) is 0.400. The quantitative estimate of drug-likeness (QED) is 0.736. The lowest BCUT2D eigenvalue weighted by Crippen LogP contribution is -2.45. The maximum atomic E-state index is 13.0. The first kappa shape index (κ1) is 13.2. The molecule has 0 unspecified atom stereocenters. The normalized spacial score (nSPS) is 21.9. The van der Waals surface area contributed by atoms with Crippen molar-refractivity contribution < 1.29 is 18.0 Å². The number of alkyl halides is 3. The number of nitrogens with zero attached hydrogens (tertiary/aromatic N) is 1. The van der Waals surface area contributed by atoms with Crippen LogP contribution in [0.1, 0.15) is 24.0 Å². The number of halogens is 3. The van der Waals surface area contributed by atoms with Crippen LogP contribution in [0, 0.1) is 5.92 Å². The number of Topliss-reactive ketones (excluding diaryl/α,β-unsaturated/α-hetero) is 1. The van der Waals surface area contributed by atoms with E-state index in [2.05, 4.69) is 0 Å². The first-order valence-electron chi connectivity index (χ1n) is 6.64. The van der Waals surface area contributed by atoms with E-state index < -0.39 is 11.7 Å². The lowest BCUT2D eigenvalue weighted by Gasteiger charge is -2.41. The molecule has 0 atom stereocenters. The fourth-order valence-corrected chi connectivity index (χ4v) is 2.94. The maximum absolute atomic E-state index is 13.0. The van der Waals surface area contributed by atoms with Crippen LogP contribution in [0.3, 0.4) is 0 Å². The van der Waals surface area contributed by atoms with Gasteiger partial charge in [-0.1, -0.05) is 18.2 Å². The zero-order chi connectivity index (χ0) is 14.3. The highest BCUT2D eigenvalue weighted by Gasteiger charge is 2.37. The van der Waals surface area contributed by atoms with Gasteiger partial charge in [0.05, 0.1) is 11.3 Å². The highest BCUT2D eigenvalue weighted by molar-refractivity contribution is 6.02. The van der Waals surface area contributed by atoms with E-state index in [4.69, 9.17) is 0 Å². The molecule has 2 bridgehead atoms. The first-order chi connectivity index (χ1) is 9.47. The van der Waals surface area contributed by atoms with Gasteiger partial charge in [-0.25, -0.2) is 0 Å². The van der Waals surface area contributed by atoms with Crippen LogP contribution in [-0.4, -0.2) is 23.8 Å². The molecule has 3 fully saturated rings. The minimum absolute atomic E-state index is 0.00991. The lowest BCUT2D eigenvalue weighted by atomic mass is 9.84. The molecule has 0 N–H and O–H groups in total. The topological polar surface area (TPSA) is 20.3 Å². The second-order valence-corrected chi connectivity index (χ2v) is 5.24. The smallest absolute Gasteiger partial charge is 0.369 e. The van der Waals surface area contributed by atoms with Gasteiger partial charge in [0.15, 0.2) is 5.78 Å². The average molecular weight is 281 g/mol. The fourth-order valence-electron chi connectivity index (χ4n) is 2.94. The summed E-state index contributed by atoms with van der Waals surface area (Å²) in [5, 5.41) is 0. The van der Waals surface area contributed by atoms with Crippen molar-refractivity contribution in [1.82, 2.24) is 4.90 Å². The van der Waals surface area contributed by atoms with E-state index in [9.17, 15) is 18.0 Å². The van der Waals surface area contributed by atoms with Gasteiger partial charge in [0.2, 0.25) is 0 Å². The van der Waals surface area contributed by atoms with Crippen molar-refractivity contribution in [1.29, 1.82) is 0 Å². The predicted molar refractivity (Wildman–Crippen MR) is 68.7 cm³/mol. The number of piperidine rings is 3. The summed E-state index contributed by atoms with van der Waals surface area (Å²) in [6.45, 7) is 1.52. The predicted octanol–water partition coefficient (Wildman–Crippen LogP) is 3.34. The molecule has 0 amide bonds. The third kappa shape index (κ3) is 2.21. The summed E-state index contributed by atoms with van der Waals surface area (Å²) in [6, 6.07) is 5.38. The Morgan fingerprint density at radius 3 is 2.40 bits per heavy atom. The Balaban J connectivity index is 2.03. The number of hydrogen-bond acceptors (Lipinski definition) is 2. The Kier molecular flexibility index (Phi) is 3.07. The van der Waals surface area contributed by atoms with Crippen LogP contribution >= 0.6 is 0 Å². The summed E-state index contributed by atoms with van der Waals surface area (Å²) >= 11 is 0. The Morgan fingerprint density at radius 2 is 1.80 bits per heavy atom. The zero-order valence-corrected chi connectivity index (χ0v) is 10.8. The number of carbonyl (C=O) groups is 1. The van der Waals surface area contributed by atoms with Crippen LogP contribution in [0.4, 0.5) is 13.2 Å². The van der Waals surface area contributed by atoms with E-state index in [1.54, 1.807) is 6.07 Å². The Morgan fingerprint density at radius 1 is 1.15 bits per heavy atom. The van der Waals surface area contributed by atoms with Crippen molar-refractivity contribution in [3.63, 3.8) is 0 Å². The van der Waals surface area contributed by atoms with E-state index in [1.165, 1.54) is 18.2 Å². The average Bonchev–Trinajstić information content (AvgIpc) is 2.43. The molecule has 0 saturated carbocycles. The SMILES string of the molecule is O=C1/C(=C/c2ccccc2C(F)(F)F)N2CCC1CC2. The first-order valence-corrected chi connectivity index (χ1v) is 6.64. The molecule has 5 heteroatoms. The molecule has 0 aliphatic carbocycles. The molecule has 0 spiro atoms. The van der Waals surface area contributed by atoms with Crippen molar-refractivity contribution in [3.8, 4) is 0 Å². The molecule has 106 valence electrons. The molecular weight excluding hydrogens is 267 g/mol. The minimum Gasteiger partial charge on any atom is -0.369 e. The van der Waals surface area contributed by atoms with E-state index in [0.717, 1.165) is 32.0 Å². The van der Waals surface area contributed by atoms with Crippen molar-refractivity contribution in [2.45, 2.75) is 19.0 Å². The molecule has 3 heterocycles. The van der Waals surface area contributed by atoms with Crippen molar-refractivity contribution >= 4 is 11.9 Å². The van der Waals surface area contributed by atoms with Crippen LogP contribution in [-0.2, 0) is 11.0 Å². The summed E-state index contributed by atoms with van der Waals surface area (Å²) in [6.07, 6.45) is -1.37. The summed E-state index contributed by atoms with van der Waals surface area (Å²) in [5.41, 5.74) is -0.192. The standard InChI is InChI=1S/C15H14F3NO/c16-15(17,18)12-4-2-1-3-11(12)9-13-14(20)10-5-7-19(13)8-6-10/h1-4,9-10H,5-8H2/b13-9-. The molecule has 3 saturated heterocycles. The highest BCUT2D eigenvalue weighted by Crippen LogP contribution is 2.36. The van der Waals surface area contributed by atoms with Gasteiger partial charge in [0.1, 0.15) is 0 Å². The molecule has 1 aromatic carbocycles. The minimum atomic E-state index is -4.40. The highest BCUT2D eigenvalue weighted by atomic mass is 19.4. The van der Waals surface area contributed by atoms with Crippen molar-refractivity contribution in [2.75, 3.05) is 13.1 Å². The largest absolute Gasteiger partial charge is 0.416 e. The van der Waals surface area contributed by atoms with E-state index in [-0.39, 0.29) is 17.3 Å². The molecule has 3 aliphatic rings. The summed E-state index contributed by atoms with van der Waals surface area (Å²) < 4.78 is 38.9. The molecule has 1 aromatic rings. The Labute approximate surface area is 114 Å². The van der Waals surface area contributed by atoms with Gasteiger partial charge in [0.25, 0.3) is 0 Å². The van der Waals surface area contributed by atoms with Crippen LogP contribution < -0.4 is 0 Å². The van der Waals surface area contributed by atoms with Crippen LogP contribution in [0.5, 0.6) is 0 Å². The van der Waals surface area contributed by atoms with E-state index in [1.807, 2.05) is 4.90 Å². The molecule has 20 heavy (non-hydrogen) atoms. The van der Waals surface area contributed by atoms with E-state index in [0.29, 0.717) is 5.70 Å². The third-order valence-corrected chi connectivity index (χ3v) is 4.02. The molecule has 4 rings (SSSR count). The number of hydrogen-bond donors (Lipinski definition) is 0. The van der Waals surface area contributed by atoms with E-state index >= 15 is 0 Å². The molecule has 3 aliphatic heterocycles. The summed E-state index contributed by atoms with van der Waals surface area (Å²) in [5.74, 6) is -0.0243. The van der Waals surface area contributed by atoms with Gasteiger partial charge in [-0.05, 0) is 30.5 Å². The van der Waals surface area contributed by atoms with Crippen LogP contribution in [0.15, 0.2) is 30.0 Å². The molecule has 2 nitrogen and oxygen atoms in total. The Hall–Kier alpha value is -1.78. The molecule has 0 radical (unpaired) electrons. The van der Waals surface area contributed by atoms with Gasteiger partial charge in [-0.3, -0.25) is 4.79 Å². The number of fused-ring (bicyclic) bond motifs is 3. The molecule has 0 aromatic heterocycles. The second kappa shape index (κ2) is 4.65. The van der Waals surface area contributed by atoms with Crippen molar-refractivity contribution in [2.24, 2.45) is 5.92 Å². The number of carbonyl (C=O) groups excluding carboxylic acids is 1. The monoisotopic (exact) mass is 281 g/mol. The third-order valence-electron chi connectivity index (χ3n) is 4.02. The van der Waals surface area contributed by atoms with Crippen LogP contribution in [0.2, 0.25) is 0 Å². The van der Waals surface area contributed by atoms with Gasteiger partial charge < -0.3 is 4.90 Å². The van der Waals surface area contributed by atoms with Gasteiger partial charge >= 0.3 is 6.18 Å². The van der Waals surface area contributed by atoms with Gasteiger partial charge in [-0.2, -0.15) is 13.2 Å². The number of benzene rings is 1. The maximum Gasteiger partial charge on any atom is 0.416 e.